The number of carbonyl (C=O) groups excluding carboxylic acids is 6. The number of hydrogen-bond donors (Lipinski definition) is 0. The highest BCUT2D eigenvalue weighted by Gasteiger charge is 2.31. The van der Waals surface area contributed by atoms with E-state index in [1.54, 1.807) is 48.5 Å². The molecule has 7 aromatic carbocycles. The number of piperidine rings is 6. The van der Waals surface area contributed by atoms with Gasteiger partial charge in [0.05, 0.1) is 39.2 Å². The summed E-state index contributed by atoms with van der Waals surface area (Å²) in [7, 11) is 4.04. The van der Waals surface area contributed by atoms with Crippen LogP contribution in [-0.4, -0.2) is 193 Å². The minimum atomic E-state index is -3.22. The van der Waals surface area contributed by atoms with E-state index < -0.39 is 6.11 Å². The summed E-state index contributed by atoms with van der Waals surface area (Å²) < 4.78 is 43.9. The molecule has 25 heteroatoms. The van der Waals surface area contributed by atoms with Gasteiger partial charge in [-0.25, -0.2) is 34.3 Å². The van der Waals surface area contributed by atoms with Gasteiger partial charge in [0, 0.05) is 144 Å². The molecule has 0 aliphatic carbocycles. The van der Waals surface area contributed by atoms with Crippen LogP contribution < -0.4 is 9.64 Å². The van der Waals surface area contributed by atoms with Crippen LogP contribution in [0, 0.1) is 62.1 Å². The lowest BCUT2D eigenvalue weighted by atomic mass is 9.99. The lowest BCUT2D eigenvalue weighted by molar-refractivity contribution is -0.159. The molecule has 12 heterocycles. The molecule has 6 aliphatic rings. The van der Waals surface area contributed by atoms with Gasteiger partial charge in [-0.05, 0) is 301 Å². The van der Waals surface area contributed by atoms with Crippen molar-refractivity contribution in [2.75, 3.05) is 97.5 Å². The average Bonchev–Trinajstić information content (AvgIpc) is 0.824. The van der Waals surface area contributed by atoms with Gasteiger partial charge in [0.25, 0.3) is 35.4 Å². The highest BCUT2D eigenvalue weighted by Crippen LogP contribution is 2.35. The molecular weight excluding hydrogens is 1880 g/mol. The lowest BCUT2D eigenvalue weighted by Gasteiger charge is -2.30. The van der Waals surface area contributed by atoms with E-state index in [0.29, 0.717) is 104 Å². The number of alkyl halides is 2. The Morgan fingerprint density at radius 3 is 0.945 bits per heavy atom. The van der Waals surface area contributed by atoms with Crippen LogP contribution in [0.25, 0.3) is 78.7 Å². The van der Waals surface area contributed by atoms with E-state index >= 15 is 0 Å². The SMILES string of the molecule is CC1CCN(C(=O)c2cccc(-c3ccc(N(C)C)cc3)n2)CC1.CC1CCN(C(=O)c2cccc(-c3ccc(OC(C)(F)F)cc3)n2)CC1.CC1CCN(C(=O)c2cccc(-c3cccc(-c4ccccc4)c3)n2)CC1.Cc1cc(F)cc(-c2cccc(C(=O)N3CCC(C)CC3)n2)c1.Cc1ccc(-c2cccc(C(=O)N3CCC(C)CC3)n2)cc1Cl.Cc1cccc(-c2cccc(C(=O)N3CCC(C)CC3)n2)c1Cl. The maximum atomic E-state index is 13.6. The molecule has 6 fully saturated rings. The van der Waals surface area contributed by atoms with Crippen LogP contribution in [0.2, 0.25) is 10.0 Å². The normalized spacial score (nSPS) is 15.5. The number of carbonyl (C=O) groups is 6. The first-order chi connectivity index (χ1) is 70.2. The highest BCUT2D eigenvalue weighted by atomic mass is 35.5. The Labute approximate surface area is 868 Å². The molecule has 0 saturated carbocycles. The van der Waals surface area contributed by atoms with Crippen LogP contribution in [0.4, 0.5) is 18.9 Å². The Balaban J connectivity index is 0.000000139. The minimum absolute atomic E-state index is 0.0162. The number of amides is 6. The number of hydrogen-bond acceptors (Lipinski definition) is 14. The number of halogens is 5. The predicted molar refractivity (Wildman–Crippen MR) is 579 cm³/mol. The molecule has 146 heavy (non-hydrogen) atoms. The number of likely N-dealkylation sites (tertiary alicyclic amines) is 6. The third-order valence-corrected chi connectivity index (χ3v) is 28.8. The Bertz CT molecular complexity index is 6580. The lowest BCUT2D eigenvalue weighted by Crippen LogP contribution is -2.38. The molecule has 0 radical (unpaired) electrons. The van der Waals surface area contributed by atoms with Gasteiger partial charge in [0.15, 0.2) is 0 Å². The van der Waals surface area contributed by atoms with E-state index in [1.165, 1.54) is 29.8 Å². The van der Waals surface area contributed by atoms with E-state index in [0.717, 1.165) is 234 Å². The molecule has 0 unspecified atom stereocenters. The van der Waals surface area contributed by atoms with E-state index in [-0.39, 0.29) is 47.0 Å². The molecule has 6 saturated heterocycles. The fraction of sp³-hybridized carbons (Fsp3) is 0.355. The van der Waals surface area contributed by atoms with Crippen molar-refractivity contribution in [2.45, 2.75) is 152 Å². The second-order valence-corrected chi connectivity index (χ2v) is 40.8. The second kappa shape index (κ2) is 51.3. The molecule has 13 aromatic rings. The van der Waals surface area contributed by atoms with Crippen LogP contribution in [0.1, 0.15) is 205 Å². The van der Waals surface area contributed by atoms with Gasteiger partial charge in [-0.1, -0.05) is 192 Å². The van der Waals surface area contributed by atoms with Crippen LogP contribution in [0.15, 0.2) is 267 Å². The number of benzene rings is 7. The summed E-state index contributed by atoms with van der Waals surface area (Å²) in [6.45, 7) is 29.5. The summed E-state index contributed by atoms with van der Waals surface area (Å²) >= 11 is 12.6. The third kappa shape index (κ3) is 30.2. The van der Waals surface area contributed by atoms with Crippen molar-refractivity contribution in [3.63, 3.8) is 0 Å². The van der Waals surface area contributed by atoms with Crippen molar-refractivity contribution < 1.29 is 46.7 Å². The monoisotopic (exact) mass is 2010 g/mol. The zero-order valence-corrected chi connectivity index (χ0v) is 87.4. The van der Waals surface area contributed by atoms with E-state index in [4.69, 9.17) is 23.2 Å². The van der Waals surface area contributed by atoms with Crippen molar-refractivity contribution in [1.29, 1.82) is 0 Å². The van der Waals surface area contributed by atoms with Crippen molar-refractivity contribution in [3.8, 4) is 84.4 Å². The molecule has 0 spiro atoms. The quantitative estimate of drug-likeness (QED) is 0.0881. The molecular formula is C121H134Cl2F3N13O7. The number of aromatic nitrogens is 6. The summed E-state index contributed by atoms with van der Waals surface area (Å²) in [6, 6.07) is 82.8. The van der Waals surface area contributed by atoms with Gasteiger partial charge in [-0.3, -0.25) is 28.8 Å². The first kappa shape index (κ1) is 108. The average molecular weight is 2010 g/mol. The topological polar surface area (TPSA) is 212 Å². The molecule has 19 rings (SSSR count). The van der Waals surface area contributed by atoms with Gasteiger partial charge < -0.3 is 39.0 Å². The molecule has 0 bridgehead atoms. The maximum absolute atomic E-state index is 13.6. The molecule has 0 N–H and O–H groups in total. The van der Waals surface area contributed by atoms with Crippen molar-refractivity contribution in [1.82, 2.24) is 59.3 Å². The minimum Gasteiger partial charge on any atom is -0.433 e. The summed E-state index contributed by atoms with van der Waals surface area (Å²) in [5, 5.41) is 1.41. The van der Waals surface area contributed by atoms with Crippen LogP contribution in [-0.2, 0) is 0 Å². The Hall–Kier alpha value is -13.8. The van der Waals surface area contributed by atoms with E-state index in [9.17, 15) is 41.9 Å². The summed E-state index contributed by atoms with van der Waals surface area (Å²) in [6.07, 6.45) is 9.44. The number of ether oxygens (including phenoxy) is 1. The van der Waals surface area contributed by atoms with Gasteiger partial charge >= 0.3 is 6.11 Å². The Morgan fingerprint density at radius 1 is 0.308 bits per heavy atom. The predicted octanol–water partition coefficient (Wildman–Crippen LogP) is 26.8. The van der Waals surface area contributed by atoms with Crippen molar-refractivity contribution in [3.05, 3.63) is 334 Å². The number of anilines is 1. The molecule has 20 nitrogen and oxygen atoms in total. The van der Waals surface area contributed by atoms with Crippen molar-refractivity contribution in [2.24, 2.45) is 35.5 Å². The van der Waals surface area contributed by atoms with Gasteiger partial charge in [0.2, 0.25) is 0 Å². The molecule has 6 aliphatic heterocycles. The Kier molecular flexibility index (Phi) is 38.0. The maximum Gasteiger partial charge on any atom is 0.394 e. The molecule has 0 atom stereocenters. The van der Waals surface area contributed by atoms with E-state index in [2.05, 4.69) is 130 Å². The fourth-order valence-electron chi connectivity index (χ4n) is 18.3. The van der Waals surface area contributed by atoms with Gasteiger partial charge in [-0.15, -0.1) is 0 Å². The summed E-state index contributed by atoms with van der Waals surface area (Å²) in [5.74, 6) is 3.96. The van der Waals surface area contributed by atoms with Gasteiger partial charge in [0.1, 0.15) is 45.7 Å². The Morgan fingerprint density at radius 2 is 0.603 bits per heavy atom. The second-order valence-electron chi connectivity index (χ2n) is 40.0. The standard InChI is InChI=1S/C24H24N2O.C20H22F2N2O2.C20H25N3O.2C19H21ClN2O.C19H21FN2O/c1-18-13-15-26(16-14-18)24(27)23-12-6-11-22(25-23)21-10-5-9-20(17-21)19-7-3-2-4-8-19;1-14-10-12-24(13-11-14)19(25)18-5-3-4-17(23-18)15-6-8-16(9-7-15)26-20(2,21)22;1-15-11-13-23(14-12-15)20(24)19-6-4-5-18(21-19)16-7-9-17(10-8-16)22(2)3;1-13-9-11-22(12-10-13)19(23)17-8-4-7-16(21-17)15-6-3-5-14(2)18(15)20;1-13-8-10-22(11-9-13)19(23)18-5-3-4-17(21-18)15-7-6-14(2)16(20)12-15;1-13-6-8-22(9-7-13)19(23)18-5-3-4-17(21-18)15-10-14(2)11-16(20)12-15/h2-12,17-18H,13-16H2,1H3;3-9,14H,10-13H2,1-2H3;4-10,15H,11-14H2,1-3H3;3-8,13H,9-12H2,1-2H3;3-7,12-13H,8-11H2,1-2H3;3-5,10-13H,6-9H2,1-2H3. The smallest absolute Gasteiger partial charge is 0.394 e. The van der Waals surface area contributed by atoms with E-state index in [1.807, 2.05) is 210 Å². The first-order valence-electron chi connectivity index (χ1n) is 51.2. The largest absolute Gasteiger partial charge is 0.433 e. The zero-order valence-electron chi connectivity index (χ0n) is 85.9. The molecule has 6 aromatic heterocycles. The van der Waals surface area contributed by atoms with Crippen LogP contribution in [0.3, 0.4) is 0 Å². The zero-order chi connectivity index (χ0) is 104. The summed E-state index contributed by atoms with van der Waals surface area (Å²) in [4.78, 5) is 117. The number of pyridine rings is 6. The number of rotatable bonds is 16. The van der Waals surface area contributed by atoms with Crippen molar-refractivity contribution >= 4 is 64.3 Å². The summed E-state index contributed by atoms with van der Waals surface area (Å²) in [5.41, 5.74) is 19.0. The van der Waals surface area contributed by atoms with Gasteiger partial charge in [-0.2, -0.15) is 8.78 Å². The van der Waals surface area contributed by atoms with Crippen LogP contribution in [0.5, 0.6) is 5.75 Å². The molecule has 760 valence electrons. The highest BCUT2D eigenvalue weighted by molar-refractivity contribution is 6.34. The third-order valence-electron chi connectivity index (χ3n) is 27.9. The number of nitrogens with zero attached hydrogens (tertiary/aromatic N) is 13. The first-order valence-corrected chi connectivity index (χ1v) is 51.9. The number of aryl methyl sites for hydroxylation is 3. The molecule has 6 amide bonds. The fourth-order valence-corrected chi connectivity index (χ4v) is 18.7. The van der Waals surface area contributed by atoms with Crippen LogP contribution >= 0.6 is 23.2 Å².